The maximum Gasteiger partial charge on any atom is 0.209 e. The molecule has 1 aliphatic heterocycles. The Kier molecular flexibility index (Phi) is 5.29. The van der Waals surface area contributed by atoms with E-state index in [1.807, 2.05) is 42.6 Å². The van der Waals surface area contributed by atoms with Gasteiger partial charge in [0.15, 0.2) is 5.76 Å². The van der Waals surface area contributed by atoms with Crippen molar-refractivity contribution in [3.63, 3.8) is 0 Å². The summed E-state index contributed by atoms with van der Waals surface area (Å²) in [7, 11) is 0. The van der Waals surface area contributed by atoms with Crippen LogP contribution in [0.15, 0.2) is 59.3 Å². The van der Waals surface area contributed by atoms with E-state index in [0.717, 1.165) is 62.2 Å². The number of hydrogen-bond acceptors (Lipinski definition) is 5. The monoisotopic (exact) mass is 368 g/mol. The van der Waals surface area contributed by atoms with Crippen LogP contribution in [0.4, 0.5) is 0 Å². The van der Waals surface area contributed by atoms with Gasteiger partial charge in [0.25, 0.3) is 0 Å². The van der Waals surface area contributed by atoms with Crippen molar-refractivity contribution in [1.29, 1.82) is 0 Å². The van der Waals surface area contributed by atoms with Crippen molar-refractivity contribution in [2.45, 2.75) is 13.1 Å². The molecule has 0 unspecified atom stereocenters. The molecule has 2 aromatic heterocycles. The predicted molar refractivity (Wildman–Crippen MR) is 102 cm³/mol. The molecule has 3 heterocycles. The first kappa shape index (κ1) is 17.2. The van der Waals surface area contributed by atoms with Gasteiger partial charge in [-0.1, -0.05) is 29.8 Å². The van der Waals surface area contributed by atoms with E-state index in [0.29, 0.717) is 5.02 Å². The fourth-order valence-corrected chi connectivity index (χ4v) is 3.37. The van der Waals surface area contributed by atoms with Gasteiger partial charge in [0.2, 0.25) is 5.89 Å². The first-order valence-corrected chi connectivity index (χ1v) is 9.19. The van der Waals surface area contributed by atoms with Gasteiger partial charge >= 0.3 is 0 Å². The number of benzene rings is 1. The van der Waals surface area contributed by atoms with Crippen LogP contribution in [-0.2, 0) is 13.1 Å². The third-order valence-corrected chi connectivity index (χ3v) is 4.83. The van der Waals surface area contributed by atoms with Crippen LogP contribution in [0.1, 0.15) is 11.6 Å². The van der Waals surface area contributed by atoms with E-state index in [-0.39, 0.29) is 0 Å². The molecular weight excluding hydrogens is 348 g/mol. The highest BCUT2D eigenvalue weighted by molar-refractivity contribution is 6.30. The molecule has 0 N–H and O–H groups in total. The molecule has 0 aliphatic carbocycles. The third kappa shape index (κ3) is 4.30. The average Bonchev–Trinajstić information content (AvgIpc) is 3.13. The molecule has 0 radical (unpaired) electrons. The highest BCUT2D eigenvalue weighted by Crippen LogP contribution is 2.24. The molecule has 26 heavy (non-hydrogen) atoms. The Morgan fingerprint density at radius 3 is 2.46 bits per heavy atom. The number of rotatable bonds is 5. The summed E-state index contributed by atoms with van der Waals surface area (Å²) in [6.07, 6.45) is 3.63. The lowest BCUT2D eigenvalue weighted by Crippen LogP contribution is -2.45. The summed E-state index contributed by atoms with van der Waals surface area (Å²) in [6, 6.07) is 13.7. The zero-order valence-corrected chi connectivity index (χ0v) is 15.3. The highest BCUT2D eigenvalue weighted by Gasteiger charge is 2.19. The Balaban J connectivity index is 1.31. The summed E-state index contributed by atoms with van der Waals surface area (Å²) in [4.78, 5) is 13.6. The fraction of sp³-hybridized carbons (Fsp3) is 0.300. The summed E-state index contributed by atoms with van der Waals surface area (Å²) >= 11 is 6.05. The standard InChI is InChI=1S/C20H21ClN4O/c21-17-5-3-4-16(12-17)19-13-23-20(26-19)15-25-10-8-24(9-11-25)14-18-6-1-2-7-22-18/h1-7,12-13H,8-11,14-15H2. The summed E-state index contributed by atoms with van der Waals surface area (Å²) in [5.74, 6) is 1.51. The Morgan fingerprint density at radius 1 is 0.923 bits per heavy atom. The van der Waals surface area contributed by atoms with Crippen molar-refractivity contribution >= 4 is 11.6 Å². The van der Waals surface area contributed by atoms with Crippen LogP contribution in [0.3, 0.4) is 0 Å². The second kappa shape index (κ2) is 7.99. The fourth-order valence-electron chi connectivity index (χ4n) is 3.18. The molecule has 0 bridgehead atoms. The number of oxazole rings is 1. The number of piperazine rings is 1. The first-order valence-electron chi connectivity index (χ1n) is 8.81. The maximum absolute atomic E-state index is 6.05. The molecule has 0 amide bonds. The van der Waals surface area contributed by atoms with Gasteiger partial charge in [0, 0.05) is 49.5 Å². The summed E-state index contributed by atoms with van der Waals surface area (Å²) in [5, 5.41) is 0.699. The van der Waals surface area contributed by atoms with Gasteiger partial charge in [0.1, 0.15) is 0 Å². The topological polar surface area (TPSA) is 45.4 Å². The molecule has 3 aromatic rings. The van der Waals surface area contributed by atoms with Crippen molar-refractivity contribution in [3.8, 4) is 11.3 Å². The van der Waals surface area contributed by atoms with Crippen LogP contribution in [-0.4, -0.2) is 45.9 Å². The van der Waals surface area contributed by atoms with Gasteiger partial charge in [-0.25, -0.2) is 4.98 Å². The zero-order chi connectivity index (χ0) is 17.8. The number of pyridine rings is 1. The Labute approximate surface area is 158 Å². The molecule has 1 aliphatic rings. The van der Waals surface area contributed by atoms with Crippen LogP contribution in [0, 0.1) is 0 Å². The second-order valence-corrected chi connectivity index (χ2v) is 6.94. The Bertz CT molecular complexity index is 844. The zero-order valence-electron chi connectivity index (χ0n) is 14.5. The summed E-state index contributed by atoms with van der Waals surface area (Å²) < 4.78 is 5.91. The average molecular weight is 369 g/mol. The van der Waals surface area contributed by atoms with E-state index >= 15 is 0 Å². The molecule has 6 heteroatoms. The van der Waals surface area contributed by atoms with Crippen LogP contribution < -0.4 is 0 Å². The molecule has 0 spiro atoms. The summed E-state index contributed by atoms with van der Waals surface area (Å²) in [5.41, 5.74) is 2.08. The number of nitrogens with zero attached hydrogens (tertiary/aromatic N) is 4. The molecule has 1 aromatic carbocycles. The molecule has 0 atom stereocenters. The highest BCUT2D eigenvalue weighted by atomic mass is 35.5. The lowest BCUT2D eigenvalue weighted by Gasteiger charge is -2.33. The van der Waals surface area contributed by atoms with Crippen LogP contribution in [0.25, 0.3) is 11.3 Å². The Hall–Kier alpha value is -2.21. The van der Waals surface area contributed by atoms with Crippen LogP contribution in [0.5, 0.6) is 0 Å². The predicted octanol–water partition coefficient (Wildman–Crippen LogP) is 3.71. The molecular formula is C20H21ClN4O. The smallest absolute Gasteiger partial charge is 0.209 e. The minimum absolute atomic E-state index is 0.699. The third-order valence-electron chi connectivity index (χ3n) is 4.60. The number of aromatic nitrogens is 2. The van der Waals surface area contributed by atoms with E-state index in [1.54, 1.807) is 6.20 Å². The first-order chi connectivity index (χ1) is 12.8. The van der Waals surface area contributed by atoms with Gasteiger partial charge in [-0.3, -0.25) is 14.8 Å². The SMILES string of the molecule is Clc1cccc(-c2cnc(CN3CCN(Cc4ccccn4)CC3)o2)c1. The van der Waals surface area contributed by atoms with Gasteiger partial charge < -0.3 is 4.42 Å². The second-order valence-electron chi connectivity index (χ2n) is 6.50. The normalized spacial score (nSPS) is 16.0. The van der Waals surface area contributed by atoms with Gasteiger partial charge in [-0.15, -0.1) is 0 Å². The largest absolute Gasteiger partial charge is 0.439 e. The maximum atomic E-state index is 6.05. The van der Waals surface area contributed by atoms with Gasteiger partial charge in [-0.05, 0) is 24.3 Å². The molecule has 0 saturated carbocycles. The van der Waals surface area contributed by atoms with Crippen molar-refractivity contribution in [1.82, 2.24) is 19.8 Å². The van der Waals surface area contributed by atoms with Crippen molar-refractivity contribution < 1.29 is 4.42 Å². The van der Waals surface area contributed by atoms with Gasteiger partial charge in [-0.2, -0.15) is 0 Å². The van der Waals surface area contributed by atoms with Crippen molar-refractivity contribution in [2.24, 2.45) is 0 Å². The summed E-state index contributed by atoms with van der Waals surface area (Å²) in [6.45, 7) is 5.70. The Morgan fingerprint density at radius 2 is 1.73 bits per heavy atom. The van der Waals surface area contributed by atoms with E-state index in [4.69, 9.17) is 16.0 Å². The van der Waals surface area contributed by atoms with Crippen molar-refractivity contribution in [3.05, 3.63) is 71.5 Å². The number of hydrogen-bond donors (Lipinski definition) is 0. The van der Waals surface area contributed by atoms with E-state index in [9.17, 15) is 0 Å². The number of halogens is 1. The molecule has 4 rings (SSSR count). The lowest BCUT2D eigenvalue weighted by atomic mass is 10.2. The minimum Gasteiger partial charge on any atom is -0.439 e. The molecule has 5 nitrogen and oxygen atoms in total. The van der Waals surface area contributed by atoms with E-state index < -0.39 is 0 Å². The van der Waals surface area contributed by atoms with Gasteiger partial charge in [0.05, 0.1) is 18.4 Å². The lowest BCUT2D eigenvalue weighted by molar-refractivity contribution is 0.114. The van der Waals surface area contributed by atoms with E-state index in [2.05, 4.69) is 25.8 Å². The van der Waals surface area contributed by atoms with Crippen molar-refractivity contribution in [2.75, 3.05) is 26.2 Å². The molecule has 1 saturated heterocycles. The van der Waals surface area contributed by atoms with Crippen LogP contribution >= 0.6 is 11.6 Å². The molecule has 134 valence electrons. The molecule has 1 fully saturated rings. The minimum atomic E-state index is 0.699. The van der Waals surface area contributed by atoms with E-state index in [1.165, 1.54) is 0 Å². The van der Waals surface area contributed by atoms with Crippen LogP contribution in [0.2, 0.25) is 5.02 Å². The quantitative estimate of drug-likeness (QED) is 0.687.